The lowest BCUT2D eigenvalue weighted by molar-refractivity contribution is -0.143. The molecule has 0 aromatic carbocycles. The fraction of sp³-hybridized carbons (Fsp3) is 0.727. The van der Waals surface area contributed by atoms with E-state index in [-0.39, 0.29) is 18.8 Å². The molecule has 7 nitrogen and oxygen atoms in total. The molecule has 0 rings (SSSR count). The SMILES string of the molecule is CCC(C)C(N)C(=O)N[C@@H](CCC(=O)O)C(=O)O. The van der Waals surface area contributed by atoms with Gasteiger partial charge in [0.05, 0.1) is 6.04 Å². The molecule has 0 aliphatic heterocycles. The lowest BCUT2D eigenvalue weighted by Gasteiger charge is -2.20. The zero-order valence-corrected chi connectivity index (χ0v) is 10.5. The first kappa shape index (κ1) is 16.4. The molecule has 2 unspecified atom stereocenters. The van der Waals surface area contributed by atoms with Crippen LogP contribution in [0, 0.1) is 5.92 Å². The molecule has 5 N–H and O–H groups in total. The molecule has 1 amide bonds. The van der Waals surface area contributed by atoms with Gasteiger partial charge < -0.3 is 21.3 Å². The Morgan fingerprint density at radius 3 is 2.22 bits per heavy atom. The molecule has 0 spiro atoms. The van der Waals surface area contributed by atoms with E-state index in [4.69, 9.17) is 15.9 Å². The third kappa shape index (κ3) is 5.62. The van der Waals surface area contributed by atoms with Crippen molar-refractivity contribution in [2.24, 2.45) is 11.7 Å². The summed E-state index contributed by atoms with van der Waals surface area (Å²) in [5.41, 5.74) is 5.65. The van der Waals surface area contributed by atoms with Crippen molar-refractivity contribution in [3.8, 4) is 0 Å². The fourth-order valence-corrected chi connectivity index (χ4v) is 1.31. The van der Waals surface area contributed by atoms with E-state index in [9.17, 15) is 14.4 Å². The maximum absolute atomic E-state index is 11.7. The van der Waals surface area contributed by atoms with Crippen LogP contribution in [0.5, 0.6) is 0 Å². The van der Waals surface area contributed by atoms with E-state index in [0.717, 1.165) is 0 Å². The molecule has 0 heterocycles. The van der Waals surface area contributed by atoms with E-state index in [1.165, 1.54) is 0 Å². The van der Waals surface area contributed by atoms with Crippen LogP contribution in [0.25, 0.3) is 0 Å². The third-order valence-electron chi connectivity index (χ3n) is 2.82. The second-order valence-electron chi connectivity index (χ2n) is 4.24. The van der Waals surface area contributed by atoms with Gasteiger partial charge in [-0.25, -0.2) is 4.79 Å². The number of nitrogens with two attached hydrogens (primary N) is 1. The number of rotatable bonds is 8. The molecule has 0 aromatic heterocycles. The van der Waals surface area contributed by atoms with Crippen LogP contribution in [-0.4, -0.2) is 40.1 Å². The summed E-state index contributed by atoms with van der Waals surface area (Å²) in [6, 6.07) is -2.01. The first-order valence-electron chi connectivity index (χ1n) is 5.80. The lowest BCUT2D eigenvalue weighted by atomic mass is 9.99. The Hall–Kier alpha value is -1.63. The molecule has 104 valence electrons. The Balaban J connectivity index is 4.45. The fourth-order valence-electron chi connectivity index (χ4n) is 1.31. The van der Waals surface area contributed by atoms with Gasteiger partial charge in [-0.1, -0.05) is 20.3 Å². The summed E-state index contributed by atoms with van der Waals surface area (Å²) in [5, 5.41) is 19.6. The summed E-state index contributed by atoms with van der Waals surface area (Å²) in [6.45, 7) is 3.66. The van der Waals surface area contributed by atoms with Crippen molar-refractivity contribution in [2.45, 2.75) is 45.2 Å². The van der Waals surface area contributed by atoms with Crippen molar-refractivity contribution >= 4 is 17.8 Å². The van der Waals surface area contributed by atoms with Crippen LogP contribution >= 0.6 is 0 Å². The van der Waals surface area contributed by atoms with Crippen LogP contribution in [-0.2, 0) is 14.4 Å². The van der Waals surface area contributed by atoms with Crippen molar-refractivity contribution in [2.75, 3.05) is 0 Å². The average molecular weight is 260 g/mol. The summed E-state index contributed by atoms with van der Waals surface area (Å²) >= 11 is 0. The van der Waals surface area contributed by atoms with E-state index in [0.29, 0.717) is 6.42 Å². The molecule has 0 bridgehead atoms. The molecule has 0 aliphatic carbocycles. The molecule has 0 fully saturated rings. The van der Waals surface area contributed by atoms with Crippen LogP contribution in [0.4, 0.5) is 0 Å². The number of hydrogen-bond donors (Lipinski definition) is 4. The van der Waals surface area contributed by atoms with Gasteiger partial charge in [0, 0.05) is 6.42 Å². The van der Waals surface area contributed by atoms with Gasteiger partial charge in [0.1, 0.15) is 6.04 Å². The zero-order valence-electron chi connectivity index (χ0n) is 10.5. The van der Waals surface area contributed by atoms with Crippen LogP contribution in [0.15, 0.2) is 0 Å². The number of carbonyl (C=O) groups is 3. The molecule has 0 radical (unpaired) electrons. The Morgan fingerprint density at radius 1 is 1.28 bits per heavy atom. The maximum atomic E-state index is 11.7. The highest BCUT2D eigenvalue weighted by atomic mass is 16.4. The van der Waals surface area contributed by atoms with Crippen LogP contribution in [0.2, 0.25) is 0 Å². The Bertz CT molecular complexity index is 319. The molecule has 7 heteroatoms. The molecule has 0 saturated carbocycles. The summed E-state index contributed by atoms with van der Waals surface area (Å²) in [7, 11) is 0. The van der Waals surface area contributed by atoms with Crippen LogP contribution in [0.1, 0.15) is 33.1 Å². The minimum atomic E-state index is -1.26. The number of amides is 1. The van der Waals surface area contributed by atoms with Gasteiger partial charge in [-0.2, -0.15) is 0 Å². The zero-order chi connectivity index (χ0) is 14.3. The van der Waals surface area contributed by atoms with Crippen LogP contribution in [0.3, 0.4) is 0 Å². The maximum Gasteiger partial charge on any atom is 0.326 e. The molecule has 18 heavy (non-hydrogen) atoms. The second-order valence-corrected chi connectivity index (χ2v) is 4.24. The van der Waals surface area contributed by atoms with Gasteiger partial charge in [-0.3, -0.25) is 9.59 Å². The second kappa shape index (κ2) is 7.65. The monoisotopic (exact) mass is 260 g/mol. The van der Waals surface area contributed by atoms with Crippen molar-refractivity contribution in [3.05, 3.63) is 0 Å². The highest BCUT2D eigenvalue weighted by Gasteiger charge is 2.25. The standard InChI is InChI=1S/C11H20N2O5/c1-3-6(2)9(12)10(16)13-7(11(17)18)4-5-8(14)15/h6-7,9H,3-5,12H2,1-2H3,(H,13,16)(H,14,15)(H,17,18)/t6?,7-,9?/m0/s1. The van der Waals surface area contributed by atoms with Gasteiger partial charge in [-0.15, -0.1) is 0 Å². The quantitative estimate of drug-likeness (QED) is 0.478. The molecule has 0 aromatic rings. The molecule has 0 aliphatic rings. The first-order valence-corrected chi connectivity index (χ1v) is 5.80. The Labute approximate surface area is 105 Å². The molecular weight excluding hydrogens is 240 g/mol. The number of carbonyl (C=O) groups excluding carboxylic acids is 1. The minimum absolute atomic E-state index is 0.0704. The normalized spacial score (nSPS) is 15.5. The van der Waals surface area contributed by atoms with Crippen LogP contribution < -0.4 is 11.1 Å². The number of aliphatic carboxylic acids is 2. The van der Waals surface area contributed by atoms with E-state index in [1.807, 2.05) is 6.92 Å². The molecular formula is C11H20N2O5. The topological polar surface area (TPSA) is 130 Å². The predicted molar refractivity (Wildman–Crippen MR) is 63.9 cm³/mol. The summed E-state index contributed by atoms with van der Waals surface area (Å²) < 4.78 is 0. The van der Waals surface area contributed by atoms with E-state index >= 15 is 0 Å². The Kier molecular flexibility index (Phi) is 6.96. The van der Waals surface area contributed by atoms with Gasteiger partial charge >= 0.3 is 11.9 Å². The number of carboxylic acid groups (broad SMARTS) is 2. The number of hydrogen-bond acceptors (Lipinski definition) is 4. The van der Waals surface area contributed by atoms with Gasteiger partial charge in [0.25, 0.3) is 0 Å². The van der Waals surface area contributed by atoms with Crippen molar-refractivity contribution in [1.29, 1.82) is 0 Å². The molecule has 0 saturated heterocycles. The summed E-state index contributed by atoms with van der Waals surface area (Å²) in [6.07, 6.45) is 0.209. The summed E-state index contributed by atoms with van der Waals surface area (Å²) in [5.74, 6) is -3.01. The van der Waals surface area contributed by atoms with Gasteiger partial charge in [0.15, 0.2) is 0 Å². The number of carboxylic acids is 2. The van der Waals surface area contributed by atoms with E-state index in [1.54, 1.807) is 6.92 Å². The minimum Gasteiger partial charge on any atom is -0.481 e. The Morgan fingerprint density at radius 2 is 1.83 bits per heavy atom. The highest BCUT2D eigenvalue weighted by molar-refractivity contribution is 5.87. The third-order valence-corrected chi connectivity index (χ3v) is 2.82. The summed E-state index contributed by atoms with van der Waals surface area (Å²) in [4.78, 5) is 32.9. The van der Waals surface area contributed by atoms with Crippen molar-refractivity contribution in [1.82, 2.24) is 5.32 Å². The number of nitrogens with one attached hydrogen (secondary N) is 1. The lowest BCUT2D eigenvalue weighted by Crippen LogP contribution is -2.50. The van der Waals surface area contributed by atoms with Gasteiger partial charge in [0.2, 0.25) is 5.91 Å². The average Bonchev–Trinajstić information content (AvgIpc) is 2.31. The predicted octanol–water partition coefficient (Wildman–Crippen LogP) is -0.206. The molecule has 3 atom stereocenters. The van der Waals surface area contributed by atoms with Crippen molar-refractivity contribution < 1.29 is 24.6 Å². The highest BCUT2D eigenvalue weighted by Crippen LogP contribution is 2.06. The largest absolute Gasteiger partial charge is 0.481 e. The van der Waals surface area contributed by atoms with E-state index < -0.39 is 29.9 Å². The van der Waals surface area contributed by atoms with Crippen molar-refractivity contribution in [3.63, 3.8) is 0 Å². The first-order chi connectivity index (χ1) is 8.29. The van der Waals surface area contributed by atoms with E-state index in [2.05, 4.69) is 5.32 Å². The van der Waals surface area contributed by atoms with Gasteiger partial charge in [-0.05, 0) is 12.3 Å². The smallest absolute Gasteiger partial charge is 0.326 e.